The number of amides is 2. The van der Waals surface area contributed by atoms with Gasteiger partial charge >= 0.3 is 6.09 Å². The average molecular weight is 545 g/mol. The van der Waals surface area contributed by atoms with E-state index in [9.17, 15) is 18.4 Å². The van der Waals surface area contributed by atoms with Crippen molar-refractivity contribution in [1.82, 2.24) is 29.7 Å². The Morgan fingerprint density at radius 2 is 1.95 bits per heavy atom. The number of hydrogen-bond donors (Lipinski definition) is 2. The molecule has 4 heterocycles. The lowest BCUT2D eigenvalue weighted by atomic mass is 10.1. The van der Waals surface area contributed by atoms with Crippen LogP contribution in [0.1, 0.15) is 18.7 Å². The predicted octanol–water partition coefficient (Wildman–Crippen LogP) is 2.21. The van der Waals surface area contributed by atoms with E-state index in [1.54, 1.807) is 35.2 Å². The summed E-state index contributed by atoms with van der Waals surface area (Å²) in [7, 11) is 1.24. The Balaban J connectivity index is 1.37. The molecule has 0 saturated carbocycles. The second-order valence-corrected chi connectivity index (χ2v) is 9.33. The molecule has 39 heavy (non-hydrogen) atoms. The number of benzene rings is 1. The van der Waals surface area contributed by atoms with Crippen molar-refractivity contribution in [3.05, 3.63) is 36.2 Å². The summed E-state index contributed by atoms with van der Waals surface area (Å²) >= 11 is 0. The highest BCUT2D eigenvalue weighted by atomic mass is 19.3. The van der Waals surface area contributed by atoms with Crippen LogP contribution >= 0.6 is 0 Å². The summed E-state index contributed by atoms with van der Waals surface area (Å²) in [6.45, 7) is 3.66. The van der Waals surface area contributed by atoms with Crippen LogP contribution in [0.15, 0.2) is 30.3 Å². The zero-order valence-electron chi connectivity index (χ0n) is 21.5. The molecular formula is C25H30F2N8O4. The van der Waals surface area contributed by atoms with Crippen molar-refractivity contribution in [1.29, 1.82) is 0 Å². The Kier molecular flexibility index (Phi) is 8.00. The van der Waals surface area contributed by atoms with Crippen LogP contribution in [0.5, 0.6) is 0 Å². The number of hydrogen-bond acceptors (Lipinski definition) is 9. The summed E-state index contributed by atoms with van der Waals surface area (Å²) in [5, 5.41) is 5.73. The molecule has 1 atom stereocenters. The first kappa shape index (κ1) is 26.5. The summed E-state index contributed by atoms with van der Waals surface area (Å²) in [6, 6.07) is 8.59. The fraction of sp³-hybridized carbons (Fsp3) is 0.480. The summed E-state index contributed by atoms with van der Waals surface area (Å²) in [6.07, 6.45) is -2.68. The second kappa shape index (κ2) is 11.8. The van der Waals surface area contributed by atoms with Gasteiger partial charge in [0.25, 0.3) is 6.43 Å². The highest BCUT2D eigenvalue weighted by Crippen LogP contribution is 2.29. The quantitative estimate of drug-likeness (QED) is 0.439. The van der Waals surface area contributed by atoms with Crippen LogP contribution in [0.2, 0.25) is 0 Å². The number of para-hydroxylation sites is 2. The molecule has 0 aliphatic carbocycles. The molecule has 12 nitrogen and oxygen atoms in total. The molecule has 2 N–H and O–H groups in total. The Hall–Kier alpha value is -4.07. The van der Waals surface area contributed by atoms with Gasteiger partial charge in [-0.3, -0.25) is 9.36 Å². The van der Waals surface area contributed by atoms with E-state index in [4.69, 9.17) is 4.74 Å². The number of likely N-dealkylation sites (tertiary alicyclic amines) is 1. The third kappa shape index (κ3) is 6.00. The van der Waals surface area contributed by atoms with E-state index in [-0.39, 0.29) is 30.0 Å². The maximum absolute atomic E-state index is 14.0. The summed E-state index contributed by atoms with van der Waals surface area (Å²) in [4.78, 5) is 40.8. The van der Waals surface area contributed by atoms with E-state index in [1.165, 1.54) is 11.7 Å². The van der Waals surface area contributed by atoms with Crippen molar-refractivity contribution in [2.24, 2.45) is 5.92 Å². The van der Waals surface area contributed by atoms with Gasteiger partial charge in [-0.1, -0.05) is 12.1 Å². The molecule has 2 aromatic heterocycles. The fourth-order valence-corrected chi connectivity index (χ4v) is 4.77. The topological polar surface area (TPSA) is 127 Å². The minimum Gasteiger partial charge on any atom is -0.453 e. The van der Waals surface area contributed by atoms with E-state index in [0.717, 1.165) is 6.42 Å². The first-order chi connectivity index (χ1) is 18.9. The minimum absolute atomic E-state index is 0.129. The number of rotatable bonds is 8. The molecule has 2 aliphatic heterocycles. The van der Waals surface area contributed by atoms with Crippen LogP contribution in [0.25, 0.3) is 16.9 Å². The van der Waals surface area contributed by atoms with Gasteiger partial charge in [0, 0.05) is 38.8 Å². The number of alkyl carbamates (subject to hydrolysis) is 1. The monoisotopic (exact) mass is 544 g/mol. The Morgan fingerprint density at radius 3 is 2.72 bits per heavy atom. The predicted molar refractivity (Wildman–Crippen MR) is 138 cm³/mol. The summed E-state index contributed by atoms with van der Waals surface area (Å²) in [5.74, 6) is 0.746. The molecule has 5 rings (SSSR count). The number of imidazole rings is 1. The molecule has 208 valence electrons. The number of nitrogens with one attached hydrogen (secondary N) is 2. The van der Waals surface area contributed by atoms with Crippen molar-refractivity contribution in [2.75, 3.05) is 69.8 Å². The molecule has 0 spiro atoms. The van der Waals surface area contributed by atoms with Gasteiger partial charge < -0.3 is 29.9 Å². The molecule has 2 saturated heterocycles. The van der Waals surface area contributed by atoms with E-state index in [2.05, 4.69) is 30.3 Å². The van der Waals surface area contributed by atoms with Gasteiger partial charge in [-0.05, 0) is 24.5 Å². The van der Waals surface area contributed by atoms with Crippen LogP contribution in [0, 0.1) is 5.92 Å². The zero-order valence-corrected chi connectivity index (χ0v) is 21.5. The van der Waals surface area contributed by atoms with Crippen LogP contribution in [0.3, 0.4) is 0 Å². The lowest BCUT2D eigenvalue weighted by Crippen LogP contribution is -2.39. The Bertz CT molecular complexity index is 1330. The van der Waals surface area contributed by atoms with Crippen molar-refractivity contribution < 1.29 is 27.8 Å². The fourth-order valence-electron chi connectivity index (χ4n) is 4.77. The third-order valence-electron chi connectivity index (χ3n) is 6.79. The number of morpholine rings is 1. The van der Waals surface area contributed by atoms with Gasteiger partial charge in [0.2, 0.25) is 11.9 Å². The smallest absolute Gasteiger partial charge is 0.407 e. The zero-order chi connectivity index (χ0) is 27.4. The summed E-state index contributed by atoms with van der Waals surface area (Å²) < 4.78 is 39.4. The number of fused-ring (bicyclic) bond motifs is 1. The van der Waals surface area contributed by atoms with Gasteiger partial charge in [0.1, 0.15) is 18.2 Å². The third-order valence-corrected chi connectivity index (χ3v) is 6.79. The van der Waals surface area contributed by atoms with E-state index in [1.807, 2.05) is 4.90 Å². The first-order valence-electron chi connectivity index (χ1n) is 12.7. The van der Waals surface area contributed by atoms with Crippen LogP contribution in [-0.4, -0.2) is 96.0 Å². The normalized spacial score (nSPS) is 17.6. The van der Waals surface area contributed by atoms with Crippen molar-refractivity contribution in [2.45, 2.75) is 12.8 Å². The number of alkyl halides is 2. The molecule has 2 amide bonds. The number of aromatic nitrogens is 4. The van der Waals surface area contributed by atoms with Crippen LogP contribution in [0.4, 0.5) is 25.3 Å². The molecule has 0 radical (unpaired) electrons. The number of halogens is 2. The largest absolute Gasteiger partial charge is 0.453 e. The lowest BCUT2D eigenvalue weighted by molar-refractivity contribution is -0.129. The van der Waals surface area contributed by atoms with E-state index >= 15 is 0 Å². The molecule has 0 bridgehead atoms. The number of carbonyl (C=O) groups is 2. The molecule has 2 aliphatic rings. The minimum atomic E-state index is -2.80. The molecule has 0 unspecified atom stereocenters. The van der Waals surface area contributed by atoms with Crippen LogP contribution in [-0.2, 0) is 14.3 Å². The van der Waals surface area contributed by atoms with E-state index in [0.29, 0.717) is 68.7 Å². The summed E-state index contributed by atoms with van der Waals surface area (Å²) in [5.41, 5.74) is 0.974. The van der Waals surface area contributed by atoms with Crippen molar-refractivity contribution >= 4 is 34.8 Å². The molecule has 14 heteroatoms. The molecule has 3 aromatic rings. The number of nitrogens with zero attached hydrogens (tertiary/aromatic N) is 6. The number of carbonyl (C=O) groups excluding carboxylic acids is 2. The standard InChI is InChI=1S/C25H30F2N8O4/c1-38-25(37)29-14-21(36)34-7-6-16(15-34)13-28-19-12-20(32-24(31-19)33-8-10-39-11-9-33)35-18-5-3-2-4-17(18)30-23(35)22(26)27/h2-5,12,16,22H,6-11,13-15H2,1H3,(H,29,37)(H,28,31,32)/t16-/m1/s1. The first-order valence-corrected chi connectivity index (χ1v) is 12.7. The van der Waals surface area contributed by atoms with Gasteiger partial charge in [-0.2, -0.15) is 9.97 Å². The number of methoxy groups -OCH3 is 1. The highest BCUT2D eigenvalue weighted by Gasteiger charge is 2.27. The van der Waals surface area contributed by atoms with Gasteiger partial charge in [-0.15, -0.1) is 0 Å². The SMILES string of the molecule is COC(=O)NCC(=O)N1CC[C@H](CNc2cc(-n3c(C(F)F)nc4ccccc43)nc(N3CCOCC3)n2)C1. The van der Waals surface area contributed by atoms with Crippen molar-refractivity contribution in [3.8, 4) is 5.82 Å². The Labute approximate surface area is 223 Å². The highest BCUT2D eigenvalue weighted by molar-refractivity contribution is 5.82. The molecule has 1 aromatic carbocycles. The van der Waals surface area contributed by atoms with Crippen LogP contribution < -0.4 is 15.5 Å². The molecule has 2 fully saturated rings. The van der Waals surface area contributed by atoms with Gasteiger partial charge in [0.05, 0.1) is 31.4 Å². The second-order valence-electron chi connectivity index (χ2n) is 9.33. The van der Waals surface area contributed by atoms with Gasteiger partial charge in [-0.25, -0.2) is 18.6 Å². The Morgan fingerprint density at radius 1 is 1.15 bits per heavy atom. The molecular weight excluding hydrogens is 514 g/mol. The lowest BCUT2D eigenvalue weighted by Gasteiger charge is -2.27. The van der Waals surface area contributed by atoms with Crippen molar-refractivity contribution in [3.63, 3.8) is 0 Å². The van der Waals surface area contributed by atoms with Gasteiger partial charge in [0.15, 0.2) is 5.82 Å². The van der Waals surface area contributed by atoms with E-state index < -0.39 is 12.5 Å². The number of anilines is 2. The average Bonchev–Trinajstić information content (AvgIpc) is 3.60. The maximum atomic E-state index is 14.0. The maximum Gasteiger partial charge on any atom is 0.407 e. The number of ether oxygens (including phenoxy) is 2.